The summed E-state index contributed by atoms with van der Waals surface area (Å²) in [4.78, 5) is 11.8. The zero-order chi connectivity index (χ0) is 15.3. The van der Waals surface area contributed by atoms with Gasteiger partial charge in [-0.15, -0.1) is 0 Å². The lowest BCUT2D eigenvalue weighted by atomic mass is 9.79. The fourth-order valence-electron chi connectivity index (χ4n) is 3.27. The van der Waals surface area contributed by atoms with Crippen molar-refractivity contribution in [2.24, 2.45) is 0 Å². The van der Waals surface area contributed by atoms with E-state index in [2.05, 4.69) is 0 Å². The van der Waals surface area contributed by atoms with Crippen LogP contribution in [0.2, 0.25) is 0 Å². The van der Waals surface area contributed by atoms with Crippen molar-refractivity contribution in [2.75, 3.05) is 13.0 Å². The van der Waals surface area contributed by atoms with Crippen molar-refractivity contribution in [2.45, 2.75) is 36.0 Å². The fourth-order valence-corrected chi connectivity index (χ4v) is 4.43. The number of aliphatic carboxylic acids is 1. The van der Waals surface area contributed by atoms with Crippen LogP contribution < -0.4 is 9.47 Å². The van der Waals surface area contributed by atoms with Crippen molar-refractivity contribution in [1.29, 1.82) is 0 Å². The Hall–Kier alpha value is -1.76. The van der Waals surface area contributed by atoms with E-state index in [0.717, 1.165) is 19.1 Å². The van der Waals surface area contributed by atoms with Crippen LogP contribution in [0.4, 0.5) is 0 Å². The Morgan fingerprint density at radius 1 is 1.24 bits per heavy atom. The lowest BCUT2D eigenvalue weighted by molar-refractivity contribution is -0.143. The molecule has 1 aromatic rings. The number of carboxylic acids is 1. The van der Waals surface area contributed by atoms with E-state index in [1.807, 2.05) is 0 Å². The van der Waals surface area contributed by atoms with Gasteiger partial charge in [0.15, 0.2) is 21.3 Å². The molecule has 1 saturated carbocycles. The molecular weight excluding hydrogens is 296 g/mol. The Bertz CT molecular complexity index is 700. The summed E-state index contributed by atoms with van der Waals surface area (Å²) in [5.74, 6) is -0.496. The molecule has 0 amide bonds. The average molecular weight is 312 g/mol. The zero-order valence-electron chi connectivity index (χ0n) is 11.6. The van der Waals surface area contributed by atoms with Gasteiger partial charge < -0.3 is 14.6 Å². The molecule has 1 aromatic carbocycles. The van der Waals surface area contributed by atoms with Crippen LogP contribution in [0.5, 0.6) is 11.5 Å². The van der Waals surface area contributed by atoms with Gasteiger partial charge in [0.25, 0.3) is 0 Å². The highest BCUT2D eigenvalue weighted by atomic mass is 32.2. The standard InChI is InChI=1S/C14H16O6S/c1-21(17,18)12-9(4-5-10-11(12)20-8-19-10)14(13(15)16)6-2-3-7-14/h4-5H,2-3,6-8H2,1H3,(H,15,16). The van der Waals surface area contributed by atoms with Crippen molar-refractivity contribution in [3.05, 3.63) is 17.7 Å². The molecule has 3 rings (SSSR count). The van der Waals surface area contributed by atoms with E-state index >= 15 is 0 Å². The third kappa shape index (κ3) is 2.07. The molecule has 1 aliphatic carbocycles. The molecule has 2 aliphatic rings. The third-order valence-electron chi connectivity index (χ3n) is 4.25. The lowest BCUT2D eigenvalue weighted by Crippen LogP contribution is -2.34. The quantitative estimate of drug-likeness (QED) is 0.914. The van der Waals surface area contributed by atoms with Gasteiger partial charge in [0.1, 0.15) is 4.90 Å². The molecule has 21 heavy (non-hydrogen) atoms. The van der Waals surface area contributed by atoms with Crippen LogP contribution in [-0.2, 0) is 20.0 Å². The number of benzene rings is 1. The summed E-state index contributed by atoms with van der Waals surface area (Å²) >= 11 is 0. The second-order valence-corrected chi connectivity index (χ2v) is 7.50. The Kier molecular flexibility index (Phi) is 3.12. The summed E-state index contributed by atoms with van der Waals surface area (Å²) in [5, 5.41) is 9.69. The van der Waals surface area contributed by atoms with Crippen molar-refractivity contribution in [3.63, 3.8) is 0 Å². The van der Waals surface area contributed by atoms with Crippen LogP contribution >= 0.6 is 0 Å². The van der Waals surface area contributed by atoms with Gasteiger partial charge in [-0.2, -0.15) is 0 Å². The number of hydrogen-bond acceptors (Lipinski definition) is 5. The van der Waals surface area contributed by atoms with Crippen LogP contribution in [0.25, 0.3) is 0 Å². The number of carbonyl (C=O) groups is 1. The largest absolute Gasteiger partial charge is 0.481 e. The molecule has 1 aliphatic heterocycles. The lowest BCUT2D eigenvalue weighted by Gasteiger charge is -2.27. The topological polar surface area (TPSA) is 89.9 Å². The second-order valence-electron chi connectivity index (χ2n) is 5.54. The molecule has 7 heteroatoms. The minimum atomic E-state index is -3.64. The van der Waals surface area contributed by atoms with Crippen LogP contribution in [0.3, 0.4) is 0 Å². The van der Waals surface area contributed by atoms with Gasteiger partial charge in [0.05, 0.1) is 5.41 Å². The van der Waals surface area contributed by atoms with E-state index in [1.54, 1.807) is 12.1 Å². The molecule has 0 unspecified atom stereocenters. The molecular formula is C14H16O6S. The number of fused-ring (bicyclic) bond motifs is 1. The van der Waals surface area contributed by atoms with Crippen LogP contribution in [0.15, 0.2) is 17.0 Å². The van der Waals surface area contributed by atoms with Gasteiger partial charge in [-0.05, 0) is 24.5 Å². The summed E-state index contributed by atoms with van der Waals surface area (Å²) in [6, 6.07) is 3.15. The summed E-state index contributed by atoms with van der Waals surface area (Å²) in [6.45, 7) is -0.0542. The third-order valence-corrected chi connectivity index (χ3v) is 5.39. The predicted octanol–water partition coefficient (Wildman–Crippen LogP) is 1.72. The summed E-state index contributed by atoms with van der Waals surface area (Å²) in [7, 11) is -3.64. The van der Waals surface area contributed by atoms with Crippen LogP contribution in [0.1, 0.15) is 31.2 Å². The number of hydrogen-bond donors (Lipinski definition) is 1. The minimum absolute atomic E-state index is 0.0400. The minimum Gasteiger partial charge on any atom is -0.481 e. The van der Waals surface area contributed by atoms with E-state index in [1.165, 1.54) is 0 Å². The Morgan fingerprint density at radius 3 is 2.48 bits per heavy atom. The van der Waals surface area contributed by atoms with Gasteiger partial charge in [0.2, 0.25) is 6.79 Å². The monoisotopic (exact) mass is 312 g/mol. The Morgan fingerprint density at radius 2 is 1.90 bits per heavy atom. The molecule has 1 N–H and O–H groups in total. The summed E-state index contributed by atoms with van der Waals surface area (Å²) in [6.07, 6.45) is 3.47. The van der Waals surface area contributed by atoms with Gasteiger partial charge in [0, 0.05) is 6.26 Å². The molecule has 0 aromatic heterocycles. The Balaban J connectivity index is 2.31. The number of sulfone groups is 1. The smallest absolute Gasteiger partial charge is 0.314 e. The van der Waals surface area contributed by atoms with E-state index in [9.17, 15) is 18.3 Å². The van der Waals surface area contributed by atoms with E-state index in [4.69, 9.17) is 9.47 Å². The normalized spacial score (nSPS) is 19.7. The van der Waals surface area contributed by atoms with Gasteiger partial charge in [-0.25, -0.2) is 8.42 Å². The van der Waals surface area contributed by atoms with Gasteiger partial charge >= 0.3 is 5.97 Å². The van der Waals surface area contributed by atoms with Crippen LogP contribution in [0, 0.1) is 0 Å². The highest BCUT2D eigenvalue weighted by molar-refractivity contribution is 7.90. The van der Waals surface area contributed by atoms with Gasteiger partial charge in [-0.1, -0.05) is 18.9 Å². The van der Waals surface area contributed by atoms with E-state index in [0.29, 0.717) is 24.2 Å². The van der Waals surface area contributed by atoms with Gasteiger partial charge in [-0.3, -0.25) is 4.79 Å². The maximum absolute atomic E-state index is 12.2. The maximum atomic E-state index is 12.2. The molecule has 6 nitrogen and oxygen atoms in total. The van der Waals surface area contributed by atoms with E-state index < -0.39 is 21.2 Å². The molecule has 0 radical (unpaired) electrons. The number of carboxylic acid groups (broad SMARTS) is 1. The summed E-state index contributed by atoms with van der Waals surface area (Å²) in [5.41, 5.74) is -0.835. The maximum Gasteiger partial charge on any atom is 0.314 e. The SMILES string of the molecule is CS(=O)(=O)c1c(C2(C(=O)O)CCCC2)ccc2c1OCO2. The molecule has 0 saturated heterocycles. The number of rotatable bonds is 3. The number of ether oxygens (including phenoxy) is 2. The first-order chi connectivity index (χ1) is 9.86. The summed E-state index contributed by atoms with van der Waals surface area (Å²) < 4.78 is 34.9. The zero-order valence-corrected chi connectivity index (χ0v) is 12.4. The average Bonchev–Trinajstić information content (AvgIpc) is 3.05. The van der Waals surface area contributed by atoms with Crippen molar-refractivity contribution in [1.82, 2.24) is 0 Å². The Labute approximate surface area is 122 Å². The van der Waals surface area contributed by atoms with Crippen molar-refractivity contribution in [3.8, 4) is 11.5 Å². The van der Waals surface area contributed by atoms with Crippen LogP contribution in [-0.4, -0.2) is 32.5 Å². The molecule has 0 atom stereocenters. The van der Waals surface area contributed by atoms with Crippen molar-refractivity contribution >= 4 is 15.8 Å². The molecule has 0 spiro atoms. The molecule has 1 fully saturated rings. The highest BCUT2D eigenvalue weighted by Gasteiger charge is 2.47. The van der Waals surface area contributed by atoms with Crippen molar-refractivity contribution < 1.29 is 27.8 Å². The fraction of sp³-hybridized carbons (Fsp3) is 0.500. The predicted molar refractivity (Wildman–Crippen MR) is 73.5 cm³/mol. The molecule has 1 heterocycles. The highest BCUT2D eigenvalue weighted by Crippen LogP contribution is 2.49. The molecule has 114 valence electrons. The second kappa shape index (κ2) is 4.62. The first-order valence-corrected chi connectivity index (χ1v) is 8.62. The van der Waals surface area contributed by atoms with E-state index in [-0.39, 0.29) is 17.4 Å². The molecule has 0 bridgehead atoms. The first-order valence-electron chi connectivity index (χ1n) is 6.73. The first kappa shape index (κ1) is 14.2.